The van der Waals surface area contributed by atoms with Gasteiger partial charge in [-0.3, -0.25) is 0 Å². The van der Waals surface area contributed by atoms with E-state index < -0.39 is 23.2 Å². The van der Waals surface area contributed by atoms with Gasteiger partial charge in [0.1, 0.15) is 11.1 Å². The quantitative estimate of drug-likeness (QED) is 0.792. The Labute approximate surface area is 107 Å². The number of hydrogen-bond acceptors (Lipinski definition) is 3. The molecule has 102 valence electrons. The number of carboxylic acids is 1. The van der Waals surface area contributed by atoms with Crippen LogP contribution in [0, 0.1) is 11.8 Å². The molecule has 2 fully saturated rings. The van der Waals surface area contributed by atoms with Gasteiger partial charge in [0, 0.05) is 0 Å². The highest BCUT2D eigenvalue weighted by molar-refractivity contribution is 5.85. The van der Waals surface area contributed by atoms with Crippen molar-refractivity contribution in [1.29, 1.82) is 0 Å². The van der Waals surface area contributed by atoms with Gasteiger partial charge in [-0.05, 0) is 58.3 Å². The number of amides is 1. The van der Waals surface area contributed by atoms with E-state index in [1.54, 1.807) is 20.8 Å². The fraction of sp³-hybridized carbons (Fsp3) is 0.846. The molecule has 2 rings (SSSR count). The fourth-order valence-corrected chi connectivity index (χ4v) is 3.28. The Bertz CT molecular complexity index is 374. The Morgan fingerprint density at radius 2 is 2.00 bits per heavy atom. The van der Waals surface area contributed by atoms with Crippen LogP contribution in [0.3, 0.4) is 0 Å². The molecule has 1 amide bonds. The number of alkyl carbamates (subject to hydrolysis) is 1. The molecule has 5 heteroatoms. The first-order valence-corrected chi connectivity index (χ1v) is 6.47. The van der Waals surface area contributed by atoms with Gasteiger partial charge in [0.25, 0.3) is 0 Å². The lowest BCUT2D eigenvalue weighted by atomic mass is 9.81. The maximum absolute atomic E-state index is 11.8. The lowest BCUT2D eigenvalue weighted by Crippen LogP contribution is -2.58. The van der Waals surface area contributed by atoms with E-state index in [2.05, 4.69) is 5.32 Å². The van der Waals surface area contributed by atoms with Crippen molar-refractivity contribution in [3.8, 4) is 0 Å². The van der Waals surface area contributed by atoms with Crippen LogP contribution in [-0.4, -0.2) is 28.3 Å². The smallest absolute Gasteiger partial charge is 0.408 e. The van der Waals surface area contributed by atoms with Crippen molar-refractivity contribution >= 4 is 12.1 Å². The van der Waals surface area contributed by atoms with Crippen molar-refractivity contribution in [3.63, 3.8) is 0 Å². The minimum Gasteiger partial charge on any atom is -0.479 e. The lowest BCUT2D eigenvalue weighted by Gasteiger charge is -2.35. The summed E-state index contributed by atoms with van der Waals surface area (Å²) in [5.74, 6) is -0.450. The molecule has 3 atom stereocenters. The zero-order valence-corrected chi connectivity index (χ0v) is 11.2. The summed E-state index contributed by atoms with van der Waals surface area (Å²) in [6, 6.07) is 0. The topological polar surface area (TPSA) is 75.6 Å². The van der Waals surface area contributed by atoms with Crippen molar-refractivity contribution in [2.45, 2.75) is 57.6 Å². The molecule has 0 radical (unpaired) electrons. The van der Waals surface area contributed by atoms with Crippen molar-refractivity contribution in [2.75, 3.05) is 0 Å². The highest BCUT2D eigenvalue weighted by atomic mass is 16.6. The summed E-state index contributed by atoms with van der Waals surface area (Å²) in [6.07, 6.45) is 2.77. The second-order valence-corrected chi connectivity index (χ2v) is 6.48. The molecule has 0 heterocycles. The third kappa shape index (κ3) is 2.31. The predicted molar refractivity (Wildman–Crippen MR) is 65.2 cm³/mol. The van der Waals surface area contributed by atoms with E-state index in [4.69, 9.17) is 4.74 Å². The number of carbonyl (C=O) groups excluding carboxylic acids is 1. The van der Waals surface area contributed by atoms with Crippen LogP contribution in [0.15, 0.2) is 0 Å². The van der Waals surface area contributed by atoms with Gasteiger partial charge in [-0.1, -0.05) is 0 Å². The number of rotatable bonds is 2. The van der Waals surface area contributed by atoms with Gasteiger partial charge in [0.05, 0.1) is 0 Å². The molecule has 5 nitrogen and oxygen atoms in total. The molecule has 0 aromatic carbocycles. The van der Waals surface area contributed by atoms with E-state index >= 15 is 0 Å². The maximum atomic E-state index is 11.8. The summed E-state index contributed by atoms with van der Waals surface area (Å²) in [6.45, 7) is 5.29. The molecule has 0 aliphatic heterocycles. The molecule has 0 spiro atoms. The van der Waals surface area contributed by atoms with Gasteiger partial charge >= 0.3 is 12.1 Å². The second-order valence-electron chi connectivity index (χ2n) is 6.48. The SMILES string of the molecule is CC(C)(C)OC(=O)NC1(C(=O)O)C[C@@H]2CC[C@H]1C2. The first-order valence-electron chi connectivity index (χ1n) is 6.47. The Morgan fingerprint density at radius 1 is 1.33 bits per heavy atom. The minimum atomic E-state index is -1.11. The predicted octanol–water partition coefficient (Wildman–Crippen LogP) is 2.15. The van der Waals surface area contributed by atoms with E-state index in [1.165, 1.54) is 0 Å². The van der Waals surface area contributed by atoms with Crippen LogP contribution in [0.4, 0.5) is 4.79 Å². The number of hydrogen-bond donors (Lipinski definition) is 2. The van der Waals surface area contributed by atoms with Crippen LogP contribution in [0.25, 0.3) is 0 Å². The molecule has 0 saturated heterocycles. The van der Waals surface area contributed by atoms with Crippen LogP contribution in [0.5, 0.6) is 0 Å². The highest BCUT2D eigenvalue weighted by Gasteiger charge is 2.57. The van der Waals surface area contributed by atoms with Crippen molar-refractivity contribution in [2.24, 2.45) is 11.8 Å². The van der Waals surface area contributed by atoms with Crippen molar-refractivity contribution < 1.29 is 19.4 Å². The number of carbonyl (C=O) groups is 2. The summed E-state index contributed by atoms with van der Waals surface area (Å²) in [5, 5.41) is 12.1. The van der Waals surface area contributed by atoms with Crippen LogP contribution in [-0.2, 0) is 9.53 Å². The largest absolute Gasteiger partial charge is 0.479 e. The first kappa shape index (κ1) is 13.2. The summed E-state index contributed by atoms with van der Waals surface area (Å²) < 4.78 is 5.17. The van der Waals surface area contributed by atoms with Gasteiger partial charge in [-0.2, -0.15) is 0 Å². The molecule has 2 aliphatic rings. The van der Waals surface area contributed by atoms with Gasteiger partial charge in [-0.25, -0.2) is 9.59 Å². The van der Waals surface area contributed by atoms with E-state index in [0.717, 1.165) is 19.3 Å². The van der Waals surface area contributed by atoms with Crippen molar-refractivity contribution in [3.05, 3.63) is 0 Å². The molecule has 2 saturated carbocycles. The average Bonchev–Trinajstić information content (AvgIpc) is 2.73. The minimum absolute atomic E-state index is 0.0486. The number of ether oxygens (including phenoxy) is 1. The van der Waals surface area contributed by atoms with E-state index in [1.807, 2.05) is 0 Å². The monoisotopic (exact) mass is 255 g/mol. The summed E-state index contributed by atoms with van der Waals surface area (Å²) in [4.78, 5) is 23.3. The second kappa shape index (κ2) is 4.14. The van der Waals surface area contributed by atoms with E-state index in [9.17, 15) is 14.7 Å². The zero-order valence-electron chi connectivity index (χ0n) is 11.2. The molecule has 1 unspecified atom stereocenters. The summed E-state index contributed by atoms with van der Waals surface area (Å²) >= 11 is 0. The lowest BCUT2D eigenvalue weighted by molar-refractivity contribution is -0.147. The Kier molecular flexibility index (Phi) is 3.03. The standard InChI is InChI=1S/C13H21NO4/c1-12(2,3)18-11(17)14-13(10(15)16)7-8-4-5-9(13)6-8/h8-9H,4-7H2,1-3H3,(H,14,17)(H,15,16)/t8-,9+,13?/m1/s1. The first-order chi connectivity index (χ1) is 8.23. The van der Waals surface area contributed by atoms with Gasteiger partial charge in [0.15, 0.2) is 0 Å². The van der Waals surface area contributed by atoms with Gasteiger partial charge in [-0.15, -0.1) is 0 Å². The number of nitrogens with one attached hydrogen (secondary N) is 1. The third-order valence-corrected chi connectivity index (χ3v) is 3.95. The molecular weight excluding hydrogens is 234 g/mol. The van der Waals surface area contributed by atoms with E-state index in [-0.39, 0.29) is 5.92 Å². The van der Waals surface area contributed by atoms with Crippen LogP contribution in [0.1, 0.15) is 46.5 Å². The Hall–Kier alpha value is -1.26. The molecule has 2 aliphatic carbocycles. The van der Waals surface area contributed by atoms with Crippen LogP contribution >= 0.6 is 0 Å². The Morgan fingerprint density at radius 3 is 2.39 bits per heavy atom. The molecule has 2 N–H and O–H groups in total. The molecule has 0 aromatic heterocycles. The number of fused-ring (bicyclic) bond motifs is 2. The van der Waals surface area contributed by atoms with Crippen molar-refractivity contribution in [1.82, 2.24) is 5.32 Å². The maximum Gasteiger partial charge on any atom is 0.408 e. The molecule has 0 aromatic rings. The molecular formula is C13H21NO4. The summed E-state index contributed by atoms with van der Waals surface area (Å²) in [7, 11) is 0. The average molecular weight is 255 g/mol. The zero-order chi connectivity index (χ0) is 13.6. The van der Waals surface area contributed by atoms with Gasteiger partial charge in [0.2, 0.25) is 0 Å². The van der Waals surface area contributed by atoms with Gasteiger partial charge < -0.3 is 15.2 Å². The highest BCUT2D eigenvalue weighted by Crippen LogP contribution is 2.50. The summed E-state index contributed by atoms with van der Waals surface area (Å²) in [5.41, 5.74) is -1.72. The van der Waals surface area contributed by atoms with Crippen LogP contribution < -0.4 is 5.32 Å². The fourth-order valence-electron chi connectivity index (χ4n) is 3.28. The number of aliphatic carboxylic acids is 1. The number of carboxylic acid groups (broad SMARTS) is 1. The third-order valence-electron chi connectivity index (χ3n) is 3.95. The molecule has 18 heavy (non-hydrogen) atoms. The molecule has 2 bridgehead atoms. The normalized spacial score (nSPS) is 34.4. The Balaban J connectivity index is 2.09. The van der Waals surface area contributed by atoms with E-state index in [0.29, 0.717) is 12.3 Å². The van der Waals surface area contributed by atoms with Crippen LogP contribution in [0.2, 0.25) is 0 Å².